The third kappa shape index (κ3) is 3.55. The van der Waals surface area contributed by atoms with Crippen LogP contribution in [0.15, 0.2) is 18.2 Å². The Bertz CT molecular complexity index is 428. The van der Waals surface area contributed by atoms with Gasteiger partial charge in [-0.15, -0.1) is 24.8 Å². The maximum absolute atomic E-state index is 13.4. The van der Waals surface area contributed by atoms with E-state index in [2.05, 4.69) is 16.3 Å². The first kappa shape index (κ1) is 17.5. The second-order valence-electron chi connectivity index (χ2n) is 4.92. The number of hydrogen-bond acceptors (Lipinski definition) is 3. The number of fused-ring (bicyclic) bond motifs is 1. The number of nitrogens with zero attached hydrogens (tertiary/aromatic N) is 1. The molecule has 114 valence electrons. The molecule has 0 bridgehead atoms. The van der Waals surface area contributed by atoms with Crippen molar-refractivity contribution >= 4 is 24.8 Å². The number of halogens is 3. The van der Waals surface area contributed by atoms with Gasteiger partial charge in [0.15, 0.2) is 0 Å². The number of benzene rings is 1. The van der Waals surface area contributed by atoms with Crippen molar-refractivity contribution < 1.29 is 9.13 Å². The summed E-state index contributed by atoms with van der Waals surface area (Å²) >= 11 is 0. The van der Waals surface area contributed by atoms with E-state index in [1.165, 1.54) is 5.56 Å². The first-order valence-electron chi connectivity index (χ1n) is 6.65. The van der Waals surface area contributed by atoms with E-state index in [0.717, 1.165) is 50.5 Å². The highest BCUT2D eigenvalue weighted by atomic mass is 35.5. The molecular formula is C14H21Cl2FN2O. The van der Waals surface area contributed by atoms with Crippen LogP contribution in [0.1, 0.15) is 17.2 Å². The predicted molar refractivity (Wildman–Crippen MR) is 83.3 cm³/mol. The molecule has 1 fully saturated rings. The molecule has 3 rings (SSSR count). The molecule has 3 nitrogen and oxygen atoms in total. The first-order chi connectivity index (χ1) is 8.88. The van der Waals surface area contributed by atoms with Crippen molar-refractivity contribution in [1.82, 2.24) is 10.2 Å². The summed E-state index contributed by atoms with van der Waals surface area (Å²) in [5.41, 5.74) is 2.31. The molecule has 0 radical (unpaired) electrons. The number of piperazine rings is 1. The fourth-order valence-corrected chi connectivity index (χ4v) is 2.81. The fraction of sp³-hybridized carbons (Fsp3) is 0.571. The van der Waals surface area contributed by atoms with Crippen molar-refractivity contribution in [2.75, 3.05) is 39.5 Å². The zero-order chi connectivity index (χ0) is 12.4. The Balaban J connectivity index is 0.000001000. The Morgan fingerprint density at radius 1 is 1.25 bits per heavy atom. The molecule has 0 aliphatic carbocycles. The van der Waals surface area contributed by atoms with Crippen LogP contribution in [0.5, 0.6) is 5.75 Å². The van der Waals surface area contributed by atoms with Crippen LogP contribution >= 0.6 is 24.8 Å². The molecule has 1 aromatic rings. The lowest BCUT2D eigenvalue weighted by atomic mass is 10.0. The maximum atomic E-state index is 13.4. The van der Waals surface area contributed by atoms with Gasteiger partial charge in [0.05, 0.1) is 12.6 Å². The molecule has 1 saturated heterocycles. The van der Waals surface area contributed by atoms with Crippen molar-refractivity contribution in [3.63, 3.8) is 0 Å². The summed E-state index contributed by atoms with van der Waals surface area (Å²) < 4.78 is 18.9. The van der Waals surface area contributed by atoms with Gasteiger partial charge in [0, 0.05) is 32.6 Å². The summed E-state index contributed by atoms with van der Waals surface area (Å²) in [6.07, 6.45) is 0.948. The molecule has 2 heterocycles. The molecule has 1 atom stereocenters. The van der Waals surface area contributed by atoms with E-state index in [9.17, 15) is 4.39 Å². The van der Waals surface area contributed by atoms with Gasteiger partial charge in [-0.1, -0.05) is 12.1 Å². The quantitative estimate of drug-likeness (QED) is 0.924. The Labute approximate surface area is 131 Å². The van der Waals surface area contributed by atoms with Gasteiger partial charge in [-0.2, -0.15) is 0 Å². The molecule has 2 aliphatic rings. The largest absolute Gasteiger partial charge is 0.493 e. The molecule has 20 heavy (non-hydrogen) atoms. The lowest BCUT2D eigenvalue weighted by Gasteiger charge is -2.33. The third-order valence-corrected chi connectivity index (χ3v) is 3.84. The van der Waals surface area contributed by atoms with Gasteiger partial charge in [-0.25, -0.2) is 4.39 Å². The molecule has 0 saturated carbocycles. The lowest BCUT2D eigenvalue weighted by Crippen LogP contribution is -2.45. The monoisotopic (exact) mass is 322 g/mol. The van der Waals surface area contributed by atoms with Crippen LogP contribution in [-0.4, -0.2) is 44.4 Å². The first-order valence-corrected chi connectivity index (χ1v) is 6.65. The van der Waals surface area contributed by atoms with Gasteiger partial charge >= 0.3 is 0 Å². The summed E-state index contributed by atoms with van der Waals surface area (Å²) in [5, 5.41) is 3.30. The SMILES string of the molecule is Cl.Cl.FC[C@@H](c1ccc2c(c1)CCO2)N1CCNCC1. The van der Waals surface area contributed by atoms with E-state index in [1.54, 1.807) is 0 Å². The Morgan fingerprint density at radius 3 is 2.70 bits per heavy atom. The Hall–Kier alpha value is -0.550. The topological polar surface area (TPSA) is 24.5 Å². The summed E-state index contributed by atoms with van der Waals surface area (Å²) in [5.74, 6) is 0.969. The van der Waals surface area contributed by atoms with Gasteiger partial charge in [0.1, 0.15) is 12.4 Å². The van der Waals surface area contributed by atoms with Gasteiger partial charge < -0.3 is 10.1 Å². The van der Waals surface area contributed by atoms with Crippen LogP contribution in [0.4, 0.5) is 4.39 Å². The number of hydrogen-bond donors (Lipinski definition) is 1. The van der Waals surface area contributed by atoms with Crippen LogP contribution in [0.2, 0.25) is 0 Å². The van der Waals surface area contributed by atoms with E-state index in [-0.39, 0.29) is 37.5 Å². The molecule has 6 heteroatoms. The van der Waals surface area contributed by atoms with E-state index in [1.807, 2.05) is 12.1 Å². The lowest BCUT2D eigenvalue weighted by molar-refractivity contribution is 0.147. The van der Waals surface area contributed by atoms with Crippen molar-refractivity contribution in [2.45, 2.75) is 12.5 Å². The zero-order valence-corrected chi connectivity index (χ0v) is 12.9. The second kappa shape index (κ2) is 8.03. The molecule has 2 aliphatic heterocycles. The third-order valence-electron chi connectivity index (χ3n) is 3.84. The number of rotatable bonds is 3. The summed E-state index contributed by atoms with van der Waals surface area (Å²) in [6.45, 7) is 4.17. The Kier molecular flexibility index (Phi) is 7.03. The molecule has 1 N–H and O–H groups in total. The van der Waals surface area contributed by atoms with E-state index in [4.69, 9.17) is 4.74 Å². The van der Waals surface area contributed by atoms with Crippen LogP contribution in [0, 0.1) is 0 Å². The average Bonchev–Trinajstić information content (AvgIpc) is 2.88. The fourth-order valence-electron chi connectivity index (χ4n) is 2.81. The standard InChI is InChI=1S/C14H19FN2O.2ClH/c15-10-13(17-6-4-16-5-7-17)11-1-2-14-12(9-11)3-8-18-14;;/h1-2,9,13,16H,3-8,10H2;2*1H/t13-;;/m0../s1. The highest BCUT2D eigenvalue weighted by molar-refractivity contribution is 5.85. The minimum atomic E-state index is -0.320. The summed E-state index contributed by atoms with van der Waals surface area (Å²) in [6, 6.07) is 6.02. The minimum absolute atomic E-state index is 0. The van der Waals surface area contributed by atoms with Gasteiger partial charge in [0.25, 0.3) is 0 Å². The highest BCUT2D eigenvalue weighted by Gasteiger charge is 2.23. The minimum Gasteiger partial charge on any atom is -0.493 e. The smallest absolute Gasteiger partial charge is 0.122 e. The maximum Gasteiger partial charge on any atom is 0.122 e. The Morgan fingerprint density at radius 2 is 2.00 bits per heavy atom. The molecular weight excluding hydrogens is 302 g/mol. The average molecular weight is 323 g/mol. The molecule has 0 spiro atoms. The molecule has 0 amide bonds. The van der Waals surface area contributed by atoms with E-state index >= 15 is 0 Å². The van der Waals surface area contributed by atoms with Crippen molar-refractivity contribution in [2.24, 2.45) is 0 Å². The van der Waals surface area contributed by atoms with Crippen LogP contribution < -0.4 is 10.1 Å². The van der Waals surface area contributed by atoms with Gasteiger partial charge in [0.2, 0.25) is 0 Å². The van der Waals surface area contributed by atoms with Crippen LogP contribution in [0.3, 0.4) is 0 Å². The molecule has 0 unspecified atom stereocenters. The van der Waals surface area contributed by atoms with Crippen LogP contribution in [0.25, 0.3) is 0 Å². The van der Waals surface area contributed by atoms with Crippen molar-refractivity contribution in [1.29, 1.82) is 0 Å². The highest BCUT2D eigenvalue weighted by Crippen LogP contribution is 2.30. The van der Waals surface area contributed by atoms with Crippen molar-refractivity contribution in [3.05, 3.63) is 29.3 Å². The number of ether oxygens (including phenoxy) is 1. The molecule has 1 aromatic carbocycles. The van der Waals surface area contributed by atoms with Gasteiger partial charge in [-0.05, 0) is 17.2 Å². The number of alkyl halides is 1. The molecule has 0 aromatic heterocycles. The van der Waals surface area contributed by atoms with Crippen LogP contribution in [-0.2, 0) is 6.42 Å². The normalized spacial score (nSPS) is 19.2. The second-order valence-corrected chi connectivity index (χ2v) is 4.92. The predicted octanol–water partition coefficient (Wildman–Crippen LogP) is 2.38. The van der Waals surface area contributed by atoms with Gasteiger partial charge in [-0.3, -0.25) is 4.90 Å². The summed E-state index contributed by atoms with van der Waals surface area (Å²) in [7, 11) is 0. The van der Waals surface area contributed by atoms with E-state index < -0.39 is 0 Å². The number of nitrogens with one attached hydrogen (secondary N) is 1. The van der Waals surface area contributed by atoms with E-state index in [0.29, 0.717) is 0 Å². The summed E-state index contributed by atoms with van der Waals surface area (Å²) in [4.78, 5) is 2.23. The van der Waals surface area contributed by atoms with Crippen molar-refractivity contribution in [3.8, 4) is 5.75 Å². The zero-order valence-electron chi connectivity index (χ0n) is 11.3.